The molecule has 0 fully saturated rings. The first-order valence-electron chi connectivity index (χ1n) is 18.1. The van der Waals surface area contributed by atoms with Gasteiger partial charge in [0.05, 0.1) is 0 Å². The second-order valence-corrected chi connectivity index (χ2v) is 14.0. The van der Waals surface area contributed by atoms with E-state index in [-0.39, 0.29) is 0 Å². The molecule has 52 heavy (non-hydrogen) atoms. The molecule has 0 unspecified atom stereocenters. The van der Waals surface area contributed by atoms with Gasteiger partial charge >= 0.3 is 0 Å². The van der Waals surface area contributed by atoms with Crippen LogP contribution in [0.4, 0.5) is 0 Å². The van der Waals surface area contributed by atoms with Crippen molar-refractivity contribution in [2.75, 3.05) is 0 Å². The van der Waals surface area contributed by atoms with Crippen molar-refractivity contribution in [1.82, 2.24) is 0 Å². The molecule has 0 aliphatic rings. The van der Waals surface area contributed by atoms with Gasteiger partial charge in [0.15, 0.2) is 0 Å². The van der Waals surface area contributed by atoms with Crippen LogP contribution in [-0.2, 0) is 0 Å². The van der Waals surface area contributed by atoms with Gasteiger partial charge in [0.1, 0.15) is 0 Å². The van der Waals surface area contributed by atoms with Crippen molar-refractivity contribution in [3.05, 3.63) is 194 Å². The smallest absolute Gasteiger partial charge is 0.00134 e. The van der Waals surface area contributed by atoms with Gasteiger partial charge < -0.3 is 0 Å². The molecule has 0 radical (unpaired) electrons. The van der Waals surface area contributed by atoms with E-state index in [1.165, 1.54) is 109 Å². The van der Waals surface area contributed by atoms with Gasteiger partial charge in [-0.3, -0.25) is 0 Å². The second-order valence-electron chi connectivity index (χ2n) is 14.0. The third-order valence-electron chi connectivity index (χ3n) is 11.2. The molecule has 11 rings (SSSR count). The average molecular weight is 657 g/mol. The molecule has 0 saturated carbocycles. The van der Waals surface area contributed by atoms with Crippen LogP contribution in [0.15, 0.2) is 194 Å². The van der Waals surface area contributed by atoms with Crippen LogP contribution in [0.1, 0.15) is 0 Å². The zero-order valence-corrected chi connectivity index (χ0v) is 28.5. The van der Waals surface area contributed by atoms with Crippen LogP contribution in [0, 0.1) is 0 Å². The SMILES string of the molecule is c1ccc2c(-c3c(-c4cc5ccccc5c5ccccc45)c(-c4cc5ccccc5c5ccccc45)cc4c3ccc3ccccc34)cccc2c1. The lowest BCUT2D eigenvalue weighted by atomic mass is 9.79. The zero-order chi connectivity index (χ0) is 34.2. The maximum absolute atomic E-state index is 2.50. The van der Waals surface area contributed by atoms with Crippen molar-refractivity contribution in [2.45, 2.75) is 0 Å². The third kappa shape index (κ3) is 4.28. The fourth-order valence-corrected chi connectivity index (χ4v) is 8.91. The highest BCUT2D eigenvalue weighted by molar-refractivity contribution is 6.26. The topological polar surface area (TPSA) is 0 Å². The molecule has 0 N–H and O–H groups in total. The van der Waals surface area contributed by atoms with Crippen molar-refractivity contribution in [3.8, 4) is 33.4 Å². The molecule has 0 nitrogen and oxygen atoms in total. The van der Waals surface area contributed by atoms with E-state index in [1.807, 2.05) is 0 Å². The minimum Gasteiger partial charge on any atom is -0.0616 e. The molecule has 0 aromatic heterocycles. The zero-order valence-electron chi connectivity index (χ0n) is 28.5. The van der Waals surface area contributed by atoms with Gasteiger partial charge in [0, 0.05) is 0 Å². The van der Waals surface area contributed by atoms with Gasteiger partial charge in [-0.15, -0.1) is 0 Å². The van der Waals surface area contributed by atoms with E-state index in [4.69, 9.17) is 0 Å². The molecule has 0 aliphatic heterocycles. The van der Waals surface area contributed by atoms with Gasteiger partial charge in [-0.1, -0.05) is 176 Å². The van der Waals surface area contributed by atoms with Crippen molar-refractivity contribution >= 4 is 75.4 Å². The van der Waals surface area contributed by atoms with Crippen LogP contribution in [0.2, 0.25) is 0 Å². The Morgan fingerprint density at radius 2 is 0.615 bits per heavy atom. The van der Waals surface area contributed by atoms with E-state index in [9.17, 15) is 0 Å². The van der Waals surface area contributed by atoms with Crippen molar-refractivity contribution < 1.29 is 0 Å². The Morgan fingerprint density at radius 1 is 0.173 bits per heavy atom. The maximum Gasteiger partial charge on any atom is -0.00134 e. The van der Waals surface area contributed by atoms with Gasteiger partial charge in [0.25, 0.3) is 0 Å². The fraction of sp³-hybridized carbons (Fsp3) is 0. The Bertz CT molecular complexity index is 3230. The molecule has 0 amide bonds. The van der Waals surface area contributed by atoms with Crippen molar-refractivity contribution in [3.63, 3.8) is 0 Å². The van der Waals surface area contributed by atoms with E-state index in [2.05, 4.69) is 194 Å². The van der Waals surface area contributed by atoms with Crippen LogP contribution in [0.25, 0.3) is 109 Å². The number of hydrogen-bond acceptors (Lipinski definition) is 0. The van der Waals surface area contributed by atoms with Crippen LogP contribution in [0.3, 0.4) is 0 Å². The van der Waals surface area contributed by atoms with Crippen molar-refractivity contribution in [2.24, 2.45) is 0 Å². The Morgan fingerprint density at radius 3 is 1.25 bits per heavy atom. The summed E-state index contributed by atoms with van der Waals surface area (Å²) in [6.45, 7) is 0. The molecule has 0 saturated heterocycles. The number of hydrogen-bond donors (Lipinski definition) is 0. The molecule has 0 heterocycles. The van der Waals surface area contributed by atoms with Crippen LogP contribution in [0.5, 0.6) is 0 Å². The molecular weight excluding hydrogens is 625 g/mol. The first-order valence-corrected chi connectivity index (χ1v) is 18.1. The van der Waals surface area contributed by atoms with E-state index in [1.54, 1.807) is 0 Å². The summed E-state index contributed by atoms with van der Waals surface area (Å²) >= 11 is 0. The Labute approximate surface area is 301 Å². The van der Waals surface area contributed by atoms with E-state index >= 15 is 0 Å². The molecule has 240 valence electrons. The van der Waals surface area contributed by atoms with Gasteiger partial charge in [-0.2, -0.15) is 0 Å². The summed E-state index contributed by atoms with van der Waals surface area (Å²) in [5, 5.41) is 17.6. The summed E-state index contributed by atoms with van der Waals surface area (Å²) in [5.41, 5.74) is 7.53. The van der Waals surface area contributed by atoms with Crippen LogP contribution >= 0.6 is 0 Å². The van der Waals surface area contributed by atoms with Gasteiger partial charge in [-0.25, -0.2) is 0 Å². The minimum absolute atomic E-state index is 1.24. The van der Waals surface area contributed by atoms with Gasteiger partial charge in [-0.05, 0) is 127 Å². The third-order valence-corrected chi connectivity index (χ3v) is 11.2. The van der Waals surface area contributed by atoms with Crippen LogP contribution < -0.4 is 0 Å². The molecule has 11 aromatic carbocycles. The van der Waals surface area contributed by atoms with Crippen LogP contribution in [-0.4, -0.2) is 0 Å². The molecule has 0 aliphatic carbocycles. The highest BCUT2D eigenvalue weighted by atomic mass is 14.3. The fourth-order valence-electron chi connectivity index (χ4n) is 8.91. The first-order chi connectivity index (χ1) is 25.8. The number of fused-ring (bicyclic) bond motifs is 10. The molecule has 0 atom stereocenters. The number of rotatable bonds is 3. The summed E-state index contributed by atoms with van der Waals surface area (Å²) in [7, 11) is 0. The Hall–Kier alpha value is -6.76. The predicted molar refractivity (Wildman–Crippen MR) is 225 cm³/mol. The average Bonchev–Trinajstić information content (AvgIpc) is 3.22. The normalized spacial score (nSPS) is 11.8. The lowest BCUT2D eigenvalue weighted by molar-refractivity contribution is 1.65. The summed E-state index contributed by atoms with van der Waals surface area (Å²) in [4.78, 5) is 0. The maximum atomic E-state index is 2.50. The molecule has 0 bridgehead atoms. The lowest BCUT2D eigenvalue weighted by Crippen LogP contribution is -1.97. The molecule has 11 aromatic rings. The second kappa shape index (κ2) is 11.4. The quantitative estimate of drug-likeness (QED) is 0.166. The Balaban J connectivity index is 1.44. The van der Waals surface area contributed by atoms with E-state index < -0.39 is 0 Å². The summed E-state index contributed by atoms with van der Waals surface area (Å²) in [6, 6.07) is 72.2. The number of benzene rings is 11. The summed E-state index contributed by atoms with van der Waals surface area (Å²) in [6.07, 6.45) is 0. The van der Waals surface area contributed by atoms with Crippen molar-refractivity contribution in [1.29, 1.82) is 0 Å². The first kappa shape index (κ1) is 29.0. The molecule has 0 spiro atoms. The van der Waals surface area contributed by atoms with E-state index in [0.717, 1.165) is 0 Å². The summed E-state index contributed by atoms with van der Waals surface area (Å²) in [5.74, 6) is 0. The Kier molecular flexibility index (Phi) is 6.35. The predicted octanol–water partition coefficient (Wildman–Crippen LogP) is 14.8. The highest BCUT2D eigenvalue weighted by Gasteiger charge is 2.24. The minimum atomic E-state index is 1.24. The van der Waals surface area contributed by atoms with Gasteiger partial charge in [0.2, 0.25) is 0 Å². The largest absolute Gasteiger partial charge is 0.0616 e. The highest BCUT2D eigenvalue weighted by Crippen LogP contribution is 2.51. The lowest BCUT2D eigenvalue weighted by Gasteiger charge is -2.24. The monoisotopic (exact) mass is 656 g/mol. The summed E-state index contributed by atoms with van der Waals surface area (Å²) < 4.78 is 0. The molecule has 0 heteroatoms. The molecular formula is C52H32. The van der Waals surface area contributed by atoms with E-state index in [0.29, 0.717) is 0 Å². The standard InChI is InChI=1S/C52H32/c1-5-19-37-33(14-1)18-13-27-45(37)51-46-29-28-34-15-2-6-20-38(34)48(46)32-50(47-30-35-16-3-7-21-39(35)41-23-9-11-25-43(41)47)52(51)49-31-36-17-4-8-22-40(36)42-24-10-12-26-44(42)49/h1-32H.